The summed E-state index contributed by atoms with van der Waals surface area (Å²) in [7, 11) is 3.23. The number of likely N-dealkylation sites (N-methyl/N-ethyl adjacent to an activating group) is 1. The average Bonchev–Trinajstić information content (AvgIpc) is 3.02. The van der Waals surface area contributed by atoms with Gasteiger partial charge in [0.05, 0.1) is 13.7 Å². The molecule has 0 aliphatic carbocycles. The maximum absolute atomic E-state index is 12.2. The Morgan fingerprint density at radius 2 is 2.21 bits per heavy atom. The molecule has 1 aromatic rings. The lowest BCUT2D eigenvalue weighted by Gasteiger charge is -2.35. The van der Waals surface area contributed by atoms with Crippen molar-refractivity contribution in [3.63, 3.8) is 0 Å². The predicted octanol–water partition coefficient (Wildman–Crippen LogP) is 2.53. The van der Waals surface area contributed by atoms with Crippen LogP contribution >= 0.6 is 11.6 Å². The molecule has 24 heavy (non-hydrogen) atoms. The fourth-order valence-corrected chi connectivity index (χ4v) is 3.96. The molecule has 2 heterocycles. The van der Waals surface area contributed by atoms with Gasteiger partial charge in [0.15, 0.2) is 0 Å². The van der Waals surface area contributed by atoms with Gasteiger partial charge < -0.3 is 19.7 Å². The topological polar surface area (TPSA) is 71.1 Å². The number of nitrogens with zero attached hydrogens (tertiary/aromatic N) is 2. The first-order chi connectivity index (χ1) is 11.4. The van der Waals surface area contributed by atoms with Crippen molar-refractivity contribution in [1.82, 2.24) is 10.2 Å². The van der Waals surface area contributed by atoms with Gasteiger partial charge in [-0.05, 0) is 31.5 Å². The van der Waals surface area contributed by atoms with Crippen LogP contribution in [0.25, 0.3) is 0 Å². The van der Waals surface area contributed by atoms with Crippen LogP contribution in [0.15, 0.2) is 18.2 Å². The number of anilines is 1. The molecule has 3 rings (SSSR count). The van der Waals surface area contributed by atoms with Crippen molar-refractivity contribution in [1.29, 1.82) is 0 Å². The van der Waals surface area contributed by atoms with Crippen molar-refractivity contribution < 1.29 is 19.1 Å². The molecular formula is C16H20ClN3O4. The second kappa shape index (κ2) is 6.05. The number of likely N-dealkylation sites (tertiary alicyclic amines) is 1. The van der Waals surface area contributed by atoms with Crippen LogP contribution in [-0.4, -0.2) is 50.6 Å². The molecule has 1 N–H and O–H groups in total. The molecule has 130 valence electrons. The summed E-state index contributed by atoms with van der Waals surface area (Å²) < 4.78 is 9.97. The van der Waals surface area contributed by atoms with E-state index in [0.29, 0.717) is 18.0 Å². The Morgan fingerprint density at radius 1 is 1.46 bits per heavy atom. The van der Waals surface area contributed by atoms with Crippen LogP contribution in [0, 0.1) is 0 Å². The number of nitrogens with one attached hydrogen (secondary N) is 1. The van der Waals surface area contributed by atoms with Crippen LogP contribution < -0.4 is 10.2 Å². The number of ether oxygens (including phenoxy) is 2. The second-order valence-corrected chi connectivity index (χ2v) is 6.31. The molecule has 1 fully saturated rings. The van der Waals surface area contributed by atoms with Crippen molar-refractivity contribution in [3.05, 3.63) is 28.8 Å². The minimum atomic E-state index is -0.782. The summed E-state index contributed by atoms with van der Waals surface area (Å²) >= 11 is 6.18. The number of alkyl carbamates (subject to hydrolysis) is 1. The average molecular weight is 354 g/mol. The Balaban J connectivity index is 2.08. The lowest BCUT2D eigenvalue weighted by Crippen LogP contribution is -2.57. The second-order valence-electron chi connectivity index (χ2n) is 5.88. The van der Waals surface area contributed by atoms with Crippen molar-refractivity contribution in [2.45, 2.75) is 25.0 Å². The molecule has 0 bridgehead atoms. The fraction of sp³-hybridized carbons (Fsp3) is 0.500. The highest BCUT2D eigenvalue weighted by Gasteiger charge is 2.59. The number of carbonyl (C=O) groups excluding carboxylic acids is 2. The molecule has 0 radical (unpaired) electrons. The number of carbonyl (C=O) groups is 2. The Labute approximate surface area is 145 Å². The van der Waals surface area contributed by atoms with Crippen molar-refractivity contribution >= 4 is 29.5 Å². The maximum Gasteiger partial charge on any atom is 0.411 e. The van der Waals surface area contributed by atoms with Gasteiger partial charge in [-0.1, -0.05) is 11.6 Å². The Hall–Kier alpha value is -2.15. The number of hydrogen-bond donors (Lipinski definition) is 1. The number of benzene rings is 1. The molecule has 0 spiro atoms. The molecular weight excluding hydrogens is 334 g/mol. The van der Waals surface area contributed by atoms with E-state index in [1.165, 1.54) is 7.11 Å². The Bertz CT molecular complexity index is 683. The standard InChI is InChI=1S/C16H20ClN3O4/c1-4-24-14(21)18-16-7-8-20(15(22)23-3)13(16)19(2)12-6-5-10(17)9-11(12)16/h5-6,9,13H,4,7-8H2,1-3H3,(H,18,21)/t13-,16+/m0/s1. The highest BCUT2D eigenvalue weighted by molar-refractivity contribution is 6.30. The van der Waals surface area contributed by atoms with Gasteiger partial charge in [-0.15, -0.1) is 0 Å². The number of halogens is 1. The Morgan fingerprint density at radius 3 is 2.88 bits per heavy atom. The smallest absolute Gasteiger partial charge is 0.411 e. The highest BCUT2D eigenvalue weighted by Crippen LogP contribution is 2.50. The zero-order chi connectivity index (χ0) is 17.5. The lowest BCUT2D eigenvalue weighted by molar-refractivity contribution is 0.103. The molecule has 2 aliphatic rings. The third-order valence-electron chi connectivity index (χ3n) is 4.68. The molecule has 0 unspecified atom stereocenters. The van der Waals surface area contributed by atoms with E-state index in [4.69, 9.17) is 21.1 Å². The number of rotatable bonds is 2. The van der Waals surface area contributed by atoms with Gasteiger partial charge in [-0.3, -0.25) is 4.90 Å². The molecule has 8 heteroatoms. The molecule has 1 saturated heterocycles. The van der Waals surface area contributed by atoms with Crippen LogP contribution in [-0.2, 0) is 15.0 Å². The minimum absolute atomic E-state index is 0.269. The third-order valence-corrected chi connectivity index (χ3v) is 4.91. The number of amides is 2. The largest absolute Gasteiger partial charge is 0.453 e. The molecule has 1 aromatic carbocycles. The van der Waals surface area contributed by atoms with E-state index in [1.807, 2.05) is 24.1 Å². The first-order valence-electron chi connectivity index (χ1n) is 7.77. The van der Waals surface area contributed by atoms with Gasteiger partial charge in [-0.25, -0.2) is 9.59 Å². The lowest BCUT2D eigenvalue weighted by atomic mass is 9.89. The van der Waals surface area contributed by atoms with E-state index in [1.54, 1.807) is 17.9 Å². The summed E-state index contributed by atoms with van der Waals surface area (Å²) in [6, 6.07) is 5.51. The molecule has 2 aliphatic heterocycles. The molecule has 2 amide bonds. The van der Waals surface area contributed by atoms with Gasteiger partial charge in [0.1, 0.15) is 11.7 Å². The normalized spacial score (nSPS) is 24.4. The third kappa shape index (κ3) is 2.34. The van der Waals surface area contributed by atoms with E-state index >= 15 is 0 Å². The molecule has 2 atom stereocenters. The van der Waals surface area contributed by atoms with Crippen molar-refractivity contribution in [2.24, 2.45) is 0 Å². The summed E-state index contributed by atoms with van der Waals surface area (Å²) in [5.74, 6) is 0. The van der Waals surface area contributed by atoms with Crippen LogP contribution in [0.2, 0.25) is 5.02 Å². The molecule has 7 nitrogen and oxygen atoms in total. The summed E-state index contributed by atoms with van der Waals surface area (Å²) in [6.45, 7) is 2.47. The minimum Gasteiger partial charge on any atom is -0.453 e. The summed E-state index contributed by atoms with van der Waals surface area (Å²) in [5.41, 5.74) is 1.01. The fourth-order valence-electron chi connectivity index (χ4n) is 3.78. The summed E-state index contributed by atoms with van der Waals surface area (Å²) in [5, 5.41) is 3.54. The number of fused-ring (bicyclic) bond motifs is 3. The maximum atomic E-state index is 12.2. The summed E-state index contributed by atoms with van der Waals surface area (Å²) in [6.07, 6.45) is -0.806. The zero-order valence-electron chi connectivity index (χ0n) is 13.8. The number of hydrogen-bond acceptors (Lipinski definition) is 5. The van der Waals surface area contributed by atoms with Gasteiger partial charge in [0.2, 0.25) is 0 Å². The van der Waals surface area contributed by atoms with E-state index in [0.717, 1.165) is 11.3 Å². The van der Waals surface area contributed by atoms with Gasteiger partial charge in [-0.2, -0.15) is 0 Å². The monoisotopic (exact) mass is 353 g/mol. The highest BCUT2D eigenvalue weighted by atomic mass is 35.5. The van der Waals surface area contributed by atoms with Gasteiger partial charge in [0.25, 0.3) is 0 Å². The van der Waals surface area contributed by atoms with Crippen molar-refractivity contribution in [2.75, 3.05) is 32.2 Å². The van der Waals surface area contributed by atoms with Gasteiger partial charge >= 0.3 is 12.2 Å². The zero-order valence-corrected chi connectivity index (χ0v) is 14.6. The number of methoxy groups -OCH3 is 1. The SMILES string of the molecule is CCOC(=O)N[C@@]12CCN(C(=O)OC)[C@@H]1N(C)c1ccc(Cl)cc12. The van der Waals surface area contributed by atoms with E-state index < -0.39 is 23.9 Å². The van der Waals surface area contributed by atoms with Gasteiger partial charge in [0, 0.05) is 29.9 Å². The van der Waals surface area contributed by atoms with Crippen molar-refractivity contribution in [3.8, 4) is 0 Å². The van der Waals surface area contributed by atoms with E-state index in [2.05, 4.69) is 5.32 Å². The molecule has 0 aromatic heterocycles. The first-order valence-corrected chi connectivity index (χ1v) is 8.14. The van der Waals surface area contributed by atoms with Crippen LogP contribution in [0.5, 0.6) is 0 Å². The van der Waals surface area contributed by atoms with Crippen LogP contribution in [0.4, 0.5) is 15.3 Å². The van der Waals surface area contributed by atoms with E-state index in [9.17, 15) is 9.59 Å². The first kappa shape index (κ1) is 16.7. The quantitative estimate of drug-likeness (QED) is 0.884. The van der Waals surface area contributed by atoms with Crippen LogP contribution in [0.1, 0.15) is 18.9 Å². The Kier molecular flexibility index (Phi) is 4.21. The van der Waals surface area contributed by atoms with E-state index in [-0.39, 0.29) is 6.61 Å². The predicted molar refractivity (Wildman–Crippen MR) is 89.2 cm³/mol. The summed E-state index contributed by atoms with van der Waals surface area (Å²) in [4.78, 5) is 27.9. The van der Waals surface area contributed by atoms with Crippen LogP contribution in [0.3, 0.4) is 0 Å². The molecule has 0 saturated carbocycles.